The predicted molar refractivity (Wildman–Crippen MR) is 107 cm³/mol. The van der Waals surface area contributed by atoms with Crippen LogP contribution in [0.2, 0.25) is 0 Å². The van der Waals surface area contributed by atoms with Gasteiger partial charge in [0.15, 0.2) is 0 Å². The lowest BCUT2D eigenvalue weighted by atomic mass is 10.1. The molecule has 10 heteroatoms. The minimum absolute atomic E-state index is 0.0380. The summed E-state index contributed by atoms with van der Waals surface area (Å²) in [7, 11) is -4.03. The molecule has 1 unspecified atom stereocenters. The molecule has 1 aromatic heterocycles. The van der Waals surface area contributed by atoms with Gasteiger partial charge in [-0.25, -0.2) is 8.42 Å². The summed E-state index contributed by atoms with van der Waals surface area (Å²) in [5.74, 6) is -1.05. The summed E-state index contributed by atoms with van der Waals surface area (Å²) < 4.78 is 41.6. The molecule has 0 radical (unpaired) electrons. The van der Waals surface area contributed by atoms with Crippen LogP contribution >= 0.6 is 11.7 Å². The van der Waals surface area contributed by atoms with Crippen LogP contribution in [-0.4, -0.2) is 29.2 Å². The number of sulfonamides is 1. The van der Waals surface area contributed by atoms with E-state index in [0.29, 0.717) is 16.6 Å². The molecule has 0 spiro atoms. The van der Waals surface area contributed by atoms with Crippen LogP contribution in [-0.2, 0) is 26.2 Å². The number of nitriles is 1. The summed E-state index contributed by atoms with van der Waals surface area (Å²) in [5.41, 5.74) is 1.82. The zero-order valence-electron chi connectivity index (χ0n) is 15.7. The lowest BCUT2D eigenvalue weighted by Crippen LogP contribution is -2.45. The molecule has 0 aliphatic heterocycles. The second-order valence-electron chi connectivity index (χ2n) is 6.65. The van der Waals surface area contributed by atoms with Gasteiger partial charge in [-0.15, -0.1) is 0 Å². The molecule has 1 heterocycles. The van der Waals surface area contributed by atoms with Crippen LogP contribution < -0.4 is 4.72 Å². The van der Waals surface area contributed by atoms with Crippen LogP contribution in [0.4, 0.5) is 0 Å². The molecular formula is C19H18N4O4S2. The minimum Gasteiger partial charge on any atom is -0.460 e. The van der Waals surface area contributed by atoms with E-state index in [4.69, 9.17) is 10.00 Å². The van der Waals surface area contributed by atoms with Gasteiger partial charge in [0.1, 0.15) is 28.6 Å². The van der Waals surface area contributed by atoms with Crippen LogP contribution in [0.25, 0.3) is 11.0 Å². The highest BCUT2D eigenvalue weighted by atomic mass is 32.2. The van der Waals surface area contributed by atoms with Gasteiger partial charge in [-0.05, 0) is 35.7 Å². The molecule has 3 aromatic rings. The number of nitrogens with zero attached hydrogens (tertiary/aromatic N) is 3. The first-order chi connectivity index (χ1) is 13.8. The number of rotatable bonds is 7. The molecule has 0 fully saturated rings. The predicted octanol–water partition coefficient (Wildman–Crippen LogP) is 2.61. The fourth-order valence-corrected chi connectivity index (χ4v) is 4.76. The van der Waals surface area contributed by atoms with Gasteiger partial charge in [0, 0.05) is 0 Å². The largest absolute Gasteiger partial charge is 0.460 e. The average Bonchev–Trinajstić information content (AvgIpc) is 3.19. The van der Waals surface area contributed by atoms with Gasteiger partial charge in [-0.1, -0.05) is 32.0 Å². The van der Waals surface area contributed by atoms with Crippen molar-refractivity contribution in [2.24, 2.45) is 5.92 Å². The molecule has 29 heavy (non-hydrogen) atoms. The van der Waals surface area contributed by atoms with Crippen molar-refractivity contribution in [2.45, 2.75) is 31.4 Å². The highest BCUT2D eigenvalue weighted by Gasteiger charge is 2.31. The van der Waals surface area contributed by atoms with Gasteiger partial charge in [-0.3, -0.25) is 4.79 Å². The van der Waals surface area contributed by atoms with E-state index in [1.165, 1.54) is 6.07 Å². The third-order valence-corrected chi connectivity index (χ3v) is 6.19. The van der Waals surface area contributed by atoms with E-state index < -0.39 is 22.0 Å². The molecular weight excluding hydrogens is 412 g/mol. The van der Waals surface area contributed by atoms with Crippen LogP contribution in [0.15, 0.2) is 47.4 Å². The van der Waals surface area contributed by atoms with E-state index in [9.17, 15) is 13.2 Å². The van der Waals surface area contributed by atoms with E-state index in [1.807, 2.05) is 6.07 Å². The molecule has 0 bridgehead atoms. The van der Waals surface area contributed by atoms with Crippen molar-refractivity contribution in [1.29, 1.82) is 5.26 Å². The van der Waals surface area contributed by atoms with Crippen molar-refractivity contribution in [2.75, 3.05) is 0 Å². The number of nitrogens with one attached hydrogen (secondary N) is 1. The zero-order chi connectivity index (χ0) is 21.0. The summed E-state index contributed by atoms with van der Waals surface area (Å²) in [5, 5.41) is 8.95. The van der Waals surface area contributed by atoms with Crippen molar-refractivity contribution < 1.29 is 17.9 Å². The molecule has 1 atom stereocenters. The minimum atomic E-state index is -4.03. The Hall–Kier alpha value is -2.87. The molecule has 0 aliphatic rings. The number of aromatic nitrogens is 2. The molecule has 0 amide bonds. The summed E-state index contributed by atoms with van der Waals surface area (Å²) >= 11 is 0.917. The van der Waals surface area contributed by atoms with Crippen LogP contribution in [0.3, 0.4) is 0 Å². The maximum Gasteiger partial charge on any atom is 0.324 e. The molecule has 0 saturated heterocycles. The lowest BCUT2D eigenvalue weighted by molar-refractivity contribution is -0.148. The molecule has 0 saturated carbocycles. The molecule has 2 aromatic carbocycles. The van der Waals surface area contributed by atoms with Crippen LogP contribution in [0, 0.1) is 17.2 Å². The maximum absolute atomic E-state index is 12.9. The fourth-order valence-electron chi connectivity index (χ4n) is 2.66. The average molecular weight is 431 g/mol. The number of carbonyl (C=O) groups is 1. The summed E-state index contributed by atoms with van der Waals surface area (Å²) in [6, 6.07) is 12.3. The van der Waals surface area contributed by atoms with Crippen LogP contribution in [0.1, 0.15) is 25.0 Å². The molecule has 3 rings (SSSR count). The van der Waals surface area contributed by atoms with Gasteiger partial charge >= 0.3 is 5.97 Å². The van der Waals surface area contributed by atoms with Gasteiger partial charge in [-0.2, -0.15) is 18.7 Å². The third-order valence-electron chi connectivity index (χ3n) is 4.18. The first kappa shape index (κ1) is 20.9. The Kier molecular flexibility index (Phi) is 6.22. The van der Waals surface area contributed by atoms with Gasteiger partial charge in [0.25, 0.3) is 0 Å². The highest BCUT2D eigenvalue weighted by Crippen LogP contribution is 2.22. The number of fused-ring (bicyclic) bond motifs is 1. The van der Waals surface area contributed by atoms with Gasteiger partial charge in [0.2, 0.25) is 10.0 Å². The molecule has 1 N–H and O–H groups in total. The monoisotopic (exact) mass is 430 g/mol. The van der Waals surface area contributed by atoms with Gasteiger partial charge < -0.3 is 4.74 Å². The smallest absolute Gasteiger partial charge is 0.324 e. The van der Waals surface area contributed by atoms with Crippen molar-refractivity contribution in [3.8, 4) is 6.07 Å². The second-order valence-corrected chi connectivity index (χ2v) is 8.86. The summed E-state index contributed by atoms with van der Waals surface area (Å²) in [4.78, 5) is 12.6. The van der Waals surface area contributed by atoms with Crippen molar-refractivity contribution in [3.05, 3.63) is 53.6 Å². The Morgan fingerprint density at radius 2 is 2.00 bits per heavy atom. The number of esters is 1. The zero-order valence-corrected chi connectivity index (χ0v) is 17.3. The van der Waals surface area contributed by atoms with Crippen molar-refractivity contribution in [1.82, 2.24) is 13.5 Å². The van der Waals surface area contributed by atoms with E-state index in [-0.39, 0.29) is 22.9 Å². The first-order valence-corrected chi connectivity index (χ1v) is 10.9. The normalized spacial score (nSPS) is 12.6. The SMILES string of the molecule is CC(C)C(NS(=O)(=O)c1cccc2nsnc12)C(=O)OCc1cccc(C#N)c1. The van der Waals surface area contributed by atoms with E-state index in [0.717, 1.165) is 11.7 Å². The van der Waals surface area contributed by atoms with Gasteiger partial charge in [0.05, 0.1) is 23.4 Å². The Morgan fingerprint density at radius 3 is 2.72 bits per heavy atom. The van der Waals surface area contributed by atoms with Crippen LogP contribution in [0.5, 0.6) is 0 Å². The Bertz CT molecular complexity index is 1180. The highest BCUT2D eigenvalue weighted by molar-refractivity contribution is 7.89. The van der Waals surface area contributed by atoms with Crippen molar-refractivity contribution in [3.63, 3.8) is 0 Å². The Morgan fingerprint density at radius 1 is 1.24 bits per heavy atom. The number of ether oxygens (including phenoxy) is 1. The van der Waals surface area contributed by atoms with E-state index in [1.54, 1.807) is 50.2 Å². The fraction of sp³-hybridized carbons (Fsp3) is 0.263. The molecule has 150 valence electrons. The molecule has 8 nitrogen and oxygen atoms in total. The lowest BCUT2D eigenvalue weighted by Gasteiger charge is -2.21. The Balaban J connectivity index is 1.78. The second kappa shape index (κ2) is 8.65. The van der Waals surface area contributed by atoms with Crippen molar-refractivity contribution >= 4 is 38.8 Å². The number of carbonyl (C=O) groups excluding carboxylic acids is 1. The number of hydrogen-bond acceptors (Lipinski definition) is 8. The summed E-state index contributed by atoms with van der Waals surface area (Å²) in [6.45, 7) is 3.37. The first-order valence-electron chi connectivity index (χ1n) is 8.71. The standard InChI is InChI=1S/C19H18N4O4S2/c1-12(2)17(19(24)27-11-14-6-3-5-13(9-14)10-20)23-29(25,26)16-8-4-7-15-18(16)22-28-21-15/h3-9,12,17,23H,11H2,1-2H3. The molecule has 0 aliphatic carbocycles. The Labute approximate surface area is 172 Å². The quantitative estimate of drug-likeness (QED) is 0.572. The number of benzene rings is 2. The topological polar surface area (TPSA) is 122 Å². The third kappa shape index (κ3) is 4.76. The number of hydrogen-bond donors (Lipinski definition) is 1. The van der Waals surface area contributed by atoms with E-state index in [2.05, 4.69) is 13.5 Å². The summed E-state index contributed by atoms with van der Waals surface area (Å²) in [6.07, 6.45) is 0. The maximum atomic E-state index is 12.9. The van der Waals surface area contributed by atoms with E-state index >= 15 is 0 Å².